The minimum atomic E-state index is -3.58. The van der Waals surface area contributed by atoms with E-state index in [1.165, 1.54) is 4.31 Å². The summed E-state index contributed by atoms with van der Waals surface area (Å²) in [5.74, 6) is 0.0851. The van der Waals surface area contributed by atoms with Gasteiger partial charge in [0.05, 0.1) is 17.4 Å². The number of carbonyl (C=O) groups is 1. The summed E-state index contributed by atoms with van der Waals surface area (Å²) in [6, 6.07) is 14.0. The highest BCUT2D eigenvalue weighted by atomic mass is 79.9. The van der Waals surface area contributed by atoms with Gasteiger partial charge in [-0.05, 0) is 61.7 Å². The van der Waals surface area contributed by atoms with Crippen LogP contribution >= 0.6 is 15.9 Å². The van der Waals surface area contributed by atoms with Crippen molar-refractivity contribution in [1.29, 1.82) is 0 Å². The lowest BCUT2D eigenvalue weighted by Gasteiger charge is -2.30. The molecule has 156 valence electrons. The van der Waals surface area contributed by atoms with Crippen LogP contribution in [0.1, 0.15) is 25.3 Å². The van der Waals surface area contributed by atoms with Gasteiger partial charge in [-0.25, -0.2) is 8.42 Å². The lowest BCUT2D eigenvalue weighted by molar-refractivity contribution is -0.151. The number of sulfonamides is 1. The Bertz CT molecular complexity index is 921. The number of rotatable bonds is 7. The van der Waals surface area contributed by atoms with E-state index in [1.54, 1.807) is 24.3 Å². The fraction of sp³-hybridized carbons (Fsp3) is 0.381. The molecule has 2 aromatic rings. The first-order chi connectivity index (χ1) is 13.9. The number of ether oxygens (including phenoxy) is 2. The third-order valence-corrected chi connectivity index (χ3v) is 7.30. The maximum atomic E-state index is 12.8. The van der Waals surface area contributed by atoms with Gasteiger partial charge in [-0.3, -0.25) is 4.79 Å². The first-order valence-corrected chi connectivity index (χ1v) is 11.8. The van der Waals surface area contributed by atoms with E-state index >= 15 is 0 Å². The van der Waals surface area contributed by atoms with Crippen molar-refractivity contribution in [2.75, 3.05) is 19.7 Å². The fourth-order valence-corrected chi connectivity index (χ4v) is 4.94. The second-order valence-electron chi connectivity index (χ2n) is 6.82. The Morgan fingerprint density at radius 1 is 1.07 bits per heavy atom. The molecule has 8 heteroatoms. The molecule has 0 aromatic heterocycles. The van der Waals surface area contributed by atoms with Crippen LogP contribution in [0.25, 0.3) is 0 Å². The van der Waals surface area contributed by atoms with Gasteiger partial charge in [0.1, 0.15) is 12.4 Å². The first-order valence-electron chi connectivity index (χ1n) is 9.54. The van der Waals surface area contributed by atoms with E-state index in [0.717, 1.165) is 10.0 Å². The quantitative estimate of drug-likeness (QED) is 0.558. The number of esters is 1. The van der Waals surface area contributed by atoms with Crippen molar-refractivity contribution in [3.63, 3.8) is 0 Å². The summed E-state index contributed by atoms with van der Waals surface area (Å²) in [4.78, 5) is 12.6. The number of nitrogens with zero attached hydrogens (tertiary/aromatic N) is 1. The average molecular weight is 482 g/mol. The minimum Gasteiger partial charge on any atom is -0.494 e. The van der Waals surface area contributed by atoms with Crippen LogP contribution in [-0.2, 0) is 26.2 Å². The van der Waals surface area contributed by atoms with E-state index in [4.69, 9.17) is 9.47 Å². The maximum absolute atomic E-state index is 12.8. The molecule has 0 saturated carbocycles. The number of halogens is 1. The van der Waals surface area contributed by atoms with Crippen molar-refractivity contribution in [2.45, 2.75) is 31.3 Å². The highest BCUT2D eigenvalue weighted by molar-refractivity contribution is 9.10. The van der Waals surface area contributed by atoms with E-state index in [2.05, 4.69) is 15.9 Å². The summed E-state index contributed by atoms with van der Waals surface area (Å²) in [5, 5.41) is 0. The van der Waals surface area contributed by atoms with Crippen LogP contribution in [0.3, 0.4) is 0 Å². The lowest BCUT2D eigenvalue weighted by atomic mass is 9.98. The van der Waals surface area contributed by atoms with Crippen LogP contribution in [0.15, 0.2) is 57.9 Å². The van der Waals surface area contributed by atoms with E-state index in [1.807, 2.05) is 31.2 Å². The Labute approximate surface area is 180 Å². The molecule has 1 aliphatic rings. The molecule has 0 aliphatic carbocycles. The van der Waals surface area contributed by atoms with Gasteiger partial charge >= 0.3 is 5.97 Å². The van der Waals surface area contributed by atoms with Gasteiger partial charge in [0.25, 0.3) is 0 Å². The molecule has 6 nitrogen and oxygen atoms in total. The van der Waals surface area contributed by atoms with Gasteiger partial charge in [0.2, 0.25) is 10.0 Å². The van der Waals surface area contributed by atoms with Crippen molar-refractivity contribution in [1.82, 2.24) is 4.31 Å². The zero-order chi connectivity index (χ0) is 20.9. The zero-order valence-electron chi connectivity index (χ0n) is 16.2. The van der Waals surface area contributed by atoms with Gasteiger partial charge in [-0.1, -0.05) is 28.1 Å². The molecule has 1 fully saturated rings. The zero-order valence-corrected chi connectivity index (χ0v) is 18.6. The summed E-state index contributed by atoms with van der Waals surface area (Å²) in [6.45, 7) is 3.22. The molecule has 0 amide bonds. The molecular weight excluding hydrogens is 458 g/mol. The van der Waals surface area contributed by atoms with Crippen LogP contribution in [-0.4, -0.2) is 38.4 Å². The monoisotopic (exact) mass is 481 g/mol. The molecule has 3 rings (SSSR count). The van der Waals surface area contributed by atoms with Crippen LogP contribution in [0, 0.1) is 5.92 Å². The second kappa shape index (κ2) is 9.73. The third kappa shape index (κ3) is 5.58. The highest BCUT2D eigenvalue weighted by Gasteiger charge is 2.32. The number of benzene rings is 2. The number of hydrogen-bond acceptors (Lipinski definition) is 5. The molecule has 0 N–H and O–H groups in total. The summed E-state index contributed by atoms with van der Waals surface area (Å²) in [6.07, 6.45) is 0.908. The number of carbonyl (C=O) groups excluding carboxylic acids is 1. The largest absolute Gasteiger partial charge is 0.494 e. The first kappa shape index (κ1) is 21.8. The molecule has 0 atom stereocenters. The van der Waals surface area contributed by atoms with Crippen LogP contribution in [0.5, 0.6) is 5.75 Å². The molecule has 1 aliphatic heterocycles. The lowest BCUT2D eigenvalue weighted by Crippen LogP contribution is -2.40. The van der Waals surface area contributed by atoms with Gasteiger partial charge in [-0.2, -0.15) is 4.31 Å². The number of piperidine rings is 1. The second-order valence-corrected chi connectivity index (χ2v) is 9.67. The summed E-state index contributed by atoms with van der Waals surface area (Å²) < 4.78 is 38.8. The normalized spacial score (nSPS) is 15.8. The topological polar surface area (TPSA) is 72.9 Å². The summed E-state index contributed by atoms with van der Waals surface area (Å²) in [7, 11) is -3.58. The number of hydrogen-bond donors (Lipinski definition) is 0. The Kier molecular flexibility index (Phi) is 7.32. The Morgan fingerprint density at radius 3 is 2.28 bits per heavy atom. The molecule has 0 radical (unpaired) electrons. The van der Waals surface area contributed by atoms with Crippen molar-refractivity contribution < 1.29 is 22.7 Å². The summed E-state index contributed by atoms with van der Waals surface area (Å²) in [5.41, 5.74) is 0.914. The van der Waals surface area contributed by atoms with Gasteiger partial charge in [0, 0.05) is 17.6 Å². The molecule has 1 saturated heterocycles. The molecule has 1 heterocycles. The molecule has 29 heavy (non-hydrogen) atoms. The van der Waals surface area contributed by atoms with Crippen LogP contribution in [0.4, 0.5) is 0 Å². The molecule has 0 bridgehead atoms. The minimum absolute atomic E-state index is 0.219. The Morgan fingerprint density at radius 2 is 1.69 bits per heavy atom. The highest BCUT2D eigenvalue weighted by Crippen LogP contribution is 2.26. The van der Waals surface area contributed by atoms with E-state index < -0.39 is 10.0 Å². The van der Waals surface area contributed by atoms with E-state index in [-0.39, 0.29) is 23.4 Å². The van der Waals surface area contributed by atoms with Crippen molar-refractivity contribution in [3.8, 4) is 5.75 Å². The van der Waals surface area contributed by atoms with Gasteiger partial charge in [0.15, 0.2) is 0 Å². The van der Waals surface area contributed by atoms with E-state index in [0.29, 0.717) is 38.3 Å². The standard InChI is InChI=1S/C21H24BrNO5S/c1-2-27-19-7-9-20(10-8-19)29(25,26)23-13-11-17(12-14-23)21(24)28-15-16-3-5-18(22)6-4-16/h3-10,17H,2,11-15H2,1H3. The van der Waals surface area contributed by atoms with Gasteiger partial charge in [-0.15, -0.1) is 0 Å². The van der Waals surface area contributed by atoms with Crippen molar-refractivity contribution >= 4 is 31.9 Å². The van der Waals surface area contributed by atoms with Crippen molar-refractivity contribution in [2.24, 2.45) is 5.92 Å². The summed E-state index contributed by atoms with van der Waals surface area (Å²) >= 11 is 3.37. The third-order valence-electron chi connectivity index (χ3n) is 4.85. The maximum Gasteiger partial charge on any atom is 0.309 e. The molecule has 2 aromatic carbocycles. The predicted molar refractivity (Wildman–Crippen MR) is 113 cm³/mol. The Balaban J connectivity index is 1.53. The fourth-order valence-electron chi connectivity index (χ4n) is 3.21. The molecule has 0 spiro atoms. The van der Waals surface area contributed by atoms with Crippen LogP contribution < -0.4 is 4.74 Å². The van der Waals surface area contributed by atoms with Gasteiger partial charge < -0.3 is 9.47 Å². The van der Waals surface area contributed by atoms with Crippen molar-refractivity contribution in [3.05, 3.63) is 58.6 Å². The van der Waals surface area contributed by atoms with Crippen LogP contribution in [0.2, 0.25) is 0 Å². The van der Waals surface area contributed by atoms with E-state index in [9.17, 15) is 13.2 Å². The average Bonchev–Trinajstić information content (AvgIpc) is 2.74. The SMILES string of the molecule is CCOc1ccc(S(=O)(=O)N2CCC(C(=O)OCc3ccc(Br)cc3)CC2)cc1. The Hall–Kier alpha value is -1.90. The predicted octanol–water partition coefficient (Wildman–Crippen LogP) is 3.99. The molecular formula is C21H24BrNO5S. The molecule has 0 unspecified atom stereocenters. The smallest absolute Gasteiger partial charge is 0.309 e.